The van der Waals surface area contributed by atoms with Gasteiger partial charge < -0.3 is 42.6 Å². The number of nitrogens with two attached hydrogens (primary N) is 2. The molecule has 32 heavy (non-hydrogen) atoms. The molecule has 0 aliphatic heterocycles. The van der Waals surface area contributed by atoms with Gasteiger partial charge in [-0.25, -0.2) is 0 Å². The maximum absolute atomic E-state index is 10.6. The van der Waals surface area contributed by atoms with Crippen LogP contribution in [0.5, 0.6) is 0 Å². The number of aromatic amines is 2. The van der Waals surface area contributed by atoms with E-state index < -0.39 is 24.0 Å². The lowest BCUT2D eigenvalue weighted by molar-refractivity contribution is -0.139. The molecule has 4 rings (SSSR count). The lowest BCUT2D eigenvalue weighted by atomic mass is 10.1. The van der Waals surface area contributed by atoms with E-state index in [-0.39, 0.29) is 11.0 Å². The van der Waals surface area contributed by atoms with Crippen LogP contribution in [0.25, 0.3) is 21.8 Å². The number of aromatic nitrogens is 2. The van der Waals surface area contributed by atoms with Crippen LogP contribution in [0, 0.1) is 0 Å². The molecule has 0 radical (unpaired) electrons. The SMILES string of the molecule is N[C@@H](Cc1c[nH]c2ccccc12)C(=O)O.N[C@@H](Cc1c[nH]c2ccccc12)C(=O)O.O.O. The molecule has 0 bridgehead atoms. The predicted molar refractivity (Wildman–Crippen MR) is 122 cm³/mol. The van der Waals surface area contributed by atoms with Gasteiger partial charge in [-0.1, -0.05) is 36.4 Å². The summed E-state index contributed by atoms with van der Waals surface area (Å²) < 4.78 is 0. The van der Waals surface area contributed by atoms with Gasteiger partial charge in [0.25, 0.3) is 0 Å². The summed E-state index contributed by atoms with van der Waals surface area (Å²) in [5.74, 6) is -1.94. The molecule has 0 aliphatic carbocycles. The summed E-state index contributed by atoms with van der Waals surface area (Å²) in [6.07, 6.45) is 4.32. The topological polar surface area (TPSA) is 221 Å². The molecule has 2 aromatic carbocycles. The molecule has 2 heterocycles. The standard InChI is InChI=1S/2C11H12N2O2.2H2O/c2*12-9(11(14)15)5-7-6-13-10-4-2-1-3-8(7)10;;/h2*1-4,6,9,13H,5,12H2,(H,14,15);2*1H2/t2*9-;;/m00../s1. The Hall–Kier alpha value is -3.70. The van der Waals surface area contributed by atoms with Crippen molar-refractivity contribution in [2.45, 2.75) is 24.9 Å². The third-order valence-corrected chi connectivity index (χ3v) is 4.86. The Morgan fingerprint density at radius 1 is 0.719 bits per heavy atom. The summed E-state index contributed by atoms with van der Waals surface area (Å²) in [6, 6.07) is 13.8. The van der Waals surface area contributed by atoms with Crippen LogP contribution in [0.3, 0.4) is 0 Å². The second-order valence-corrected chi connectivity index (χ2v) is 7.02. The van der Waals surface area contributed by atoms with Crippen LogP contribution in [0.1, 0.15) is 11.1 Å². The molecule has 2 atom stereocenters. The molecule has 0 saturated heterocycles. The Kier molecular flexibility index (Phi) is 9.57. The van der Waals surface area contributed by atoms with Gasteiger partial charge in [-0.3, -0.25) is 9.59 Å². The molecule has 0 spiro atoms. The monoisotopic (exact) mass is 444 g/mol. The number of carboxylic acids is 2. The first-order chi connectivity index (χ1) is 14.4. The molecular formula is C22H28N4O6. The number of aliphatic carboxylic acids is 2. The summed E-state index contributed by atoms with van der Waals surface area (Å²) >= 11 is 0. The van der Waals surface area contributed by atoms with Gasteiger partial charge in [0.1, 0.15) is 12.1 Å². The van der Waals surface area contributed by atoms with Crippen molar-refractivity contribution in [3.05, 3.63) is 72.1 Å². The van der Waals surface area contributed by atoms with Crippen LogP contribution >= 0.6 is 0 Å². The lowest BCUT2D eigenvalue weighted by Crippen LogP contribution is -2.32. The van der Waals surface area contributed by atoms with E-state index in [1.165, 1.54) is 0 Å². The van der Waals surface area contributed by atoms with E-state index in [0.717, 1.165) is 32.9 Å². The maximum Gasteiger partial charge on any atom is 0.320 e. The summed E-state index contributed by atoms with van der Waals surface area (Å²) in [7, 11) is 0. The Labute approximate surface area is 183 Å². The zero-order valence-corrected chi connectivity index (χ0v) is 17.2. The van der Waals surface area contributed by atoms with Crippen LogP contribution in [-0.2, 0) is 22.4 Å². The van der Waals surface area contributed by atoms with Crippen molar-refractivity contribution < 1.29 is 30.8 Å². The molecule has 2 aromatic heterocycles. The number of rotatable bonds is 6. The van der Waals surface area contributed by atoms with Gasteiger partial charge in [-0.15, -0.1) is 0 Å². The smallest absolute Gasteiger partial charge is 0.320 e. The average molecular weight is 444 g/mol. The fraction of sp³-hybridized carbons (Fsp3) is 0.182. The summed E-state index contributed by atoms with van der Waals surface area (Å²) in [5, 5.41) is 19.5. The van der Waals surface area contributed by atoms with Crippen molar-refractivity contribution in [3.8, 4) is 0 Å². The first kappa shape index (κ1) is 26.3. The number of hydrogen-bond donors (Lipinski definition) is 6. The van der Waals surface area contributed by atoms with Gasteiger partial charge in [0, 0.05) is 47.0 Å². The maximum atomic E-state index is 10.6. The number of carboxylic acid groups (broad SMARTS) is 2. The van der Waals surface area contributed by atoms with Crippen molar-refractivity contribution >= 4 is 33.7 Å². The fourth-order valence-corrected chi connectivity index (χ4v) is 3.25. The second kappa shape index (κ2) is 11.6. The van der Waals surface area contributed by atoms with Crippen LogP contribution in [0.4, 0.5) is 0 Å². The Morgan fingerprint density at radius 2 is 1.06 bits per heavy atom. The normalized spacial score (nSPS) is 12.1. The lowest BCUT2D eigenvalue weighted by Gasteiger charge is -2.04. The summed E-state index contributed by atoms with van der Waals surface area (Å²) in [6.45, 7) is 0. The molecule has 0 saturated carbocycles. The number of fused-ring (bicyclic) bond motifs is 2. The minimum Gasteiger partial charge on any atom is -0.480 e. The minimum absolute atomic E-state index is 0. The molecule has 0 amide bonds. The van der Waals surface area contributed by atoms with E-state index in [4.69, 9.17) is 21.7 Å². The number of hydrogen-bond acceptors (Lipinski definition) is 4. The highest BCUT2D eigenvalue weighted by Gasteiger charge is 2.15. The summed E-state index contributed by atoms with van der Waals surface area (Å²) in [5.41, 5.74) is 14.9. The molecule has 172 valence electrons. The van der Waals surface area contributed by atoms with Gasteiger partial charge in [0.15, 0.2) is 0 Å². The zero-order valence-electron chi connectivity index (χ0n) is 17.2. The number of H-pyrrole nitrogens is 2. The van der Waals surface area contributed by atoms with Crippen molar-refractivity contribution in [3.63, 3.8) is 0 Å². The number of para-hydroxylation sites is 2. The van der Waals surface area contributed by atoms with Crippen LogP contribution in [-0.4, -0.2) is 55.2 Å². The zero-order chi connectivity index (χ0) is 21.7. The highest BCUT2D eigenvalue weighted by molar-refractivity contribution is 5.85. The van der Waals surface area contributed by atoms with Gasteiger partial charge >= 0.3 is 11.9 Å². The first-order valence-electron chi connectivity index (χ1n) is 9.43. The van der Waals surface area contributed by atoms with Crippen molar-refractivity contribution in [2.24, 2.45) is 11.5 Å². The second-order valence-electron chi connectivity index (χ2n) is 7.02. The van der Waals surface area contributed by atoms with E-state index in [9.17, 15) is 9.59 Å². The fourth-order valence-electron chi connectivity index (χ4n) is 3.25. The van der Waals surface area contributed by atoms with Crippen LogP contribution in [0.2, 0.25) is 0 Å². The van der Waals surface area contributed by atoms with Gasteiger partial charge in [0.2, 0.25) is 0 Å². The third kappa shape index (κ3) is 6.15. The molecule has 0 aliphatic rings. The van der Waals surface area contributed by atoms with Crippen LogP contribution in [0.15, 0.2) is 60.9 Å². The van der Waals surface area contributed by atoms with E-state index in [2.05, 4.69) is 9.97 Å². The van der Waals surface area contributed by atoms with E-state index in [1.807, 2.05) is 60.9 Å². The number of benzene rings is 2. The Morgan fingerprint density at radius 3 is 1.41 bits per heavy atom. The highest BCUT2D eigenvalue weighted by Crippen LogP contribution is 2.19. The van der Waals surface area contributed by atoms with Gasteiger partial charge in [-0.2, -0.15) is 0 Å². The molecule has 0 fully saturated rings. The molecule has 12 N–H and O–H groups in total. The minimum atomic E-state index is -0.972. The quantitative estimate of drug-likeness (QED) is 0.249. The molecule has 0 unspecified atom stereocenters. The number of nitrogens with one attached hydrogen (secondary N) is 2. The van der Waals surface area contributed by atoms with E-state index >= 15 is 0 Å². The average Bonchev–Trinajstić information content (AvgIpc) is 3.33. The predicted octanol–water partition coefficient (Wildman–Crippen LogP) is 0.595. The van der Waals surface area contributed by atoms with Crippen molar-refractivity contribution in [1.82, 2.24) is 9.97 Å². The van der Waals surface area contributed by atoms with Crippen LogP contribution < -0.4 is 11.5 Å². The summed E-state index contributed by atoms with van der Waals surface area (Å²) in [4.78, 5) is 27.4. The first-order valence-corrected chi connectivity index (χ1v) is 9.43. The number of carbonyl (C=O) groups is 2. The largest absolute Gasteiger partial charge is 0.480 e. The van der Waals surface area contributed by atoms with Gasteiger partial charge in [0.05, 0.1) is 0 Å². The Balaban J connectivity index is 0.000000301. The molecule has 10 nitrogen and oxygen atoms in total. The van der Waals surface area contributed by atoms with Crippen molar-refractivity contribution in [2.75, 3.05) is 0 Å². The third-order valence-electron chi connectivity index (χ3n) is 4.86. The molecule has 10 heteroatoms. The van der Waals surface area contributed by atoms with E-state index in [0.29, 0.717) is 12.8 Å². The molecular weight excluding hydrogens is 416 g/mol. The van der Waals surface area contributed by atoms with Gasteiger partial charge in [-0.05, 0) is 23.3 Å². The van der Waals surface area contributed by atoms with E-state index in [1.54, 1.807) is 0 Å². The highest BCUT2D eigenvalue weighted by atomic mass is 16.4. The Bertz CT molecular complexity index is 1080. The molecule has 4 aromatic rings. The van der Waals surface area contributed by atoms with Crippen molar-refractivity contribution in [1.29, 1.82) is 0 Å².